The van der Waals surface area contributed by atoms with Gasteiger partial charge >= 0.3 is 0 Å². The Hall–Kier alpha value is -2.14. The number of non-ortho nitro benzene ring substituents is 1. The third-order valence-corrected chi connectivity index (χ3v) is 6.96. The highest BCUT2D eigenvalue weighted by Gasteiger charge is 2.51. The quantitative estimate of drug-likeness (QED) is 0.0954. The van der Waals surface area contributed by atoms with Crippen molar-refractivity contribution in [2.24, 2.45) is 0 Å². The van der Waals surface area contributed by atoms with Gasteiger partial charge in [0, 0.05) is 12.1 Å². The standard InChI is InChI=1S/C23H33NO17/c25-5-11-20(16(30)19(33)22(39-11)38-9-3-1-8(2-4-9)24(34)35)41-23-18(32)15(29)14(28)12(40-23)7-37-21-17(31)13(27)10(26)6-36-21/h1-4,10-23,25-33H,5-7H2/t10-,11-,12-,13+,14-,15+,16-,17-,18-,19-,20-,21-,22-,23+/m1/s1. The summed E-state index contributed by atoms with van der Waals surface area (Å²) in [6.07, 6.45) is -22.7. The largest absolute Gasteiger partial charge is 0.462 e. The maximum absolute atomic E-state index is 10.8. The van der Waals surface area contributed by atoms with Gasteiger partial charge < -0.3 is 74.4 Å². The summed E-state index contributed by atoms with van der Waals surface area (Å²) in [7, 11) is 0. The van der Waals surface area contributed by atoms with Crippen LogP contribution in [0.15, 0.2) is 24.3 Å². The first-order valence-corrected chi connectivity index (χ1v) is 12.6. The second kappa shape index (κ2) is 13.4. The lowest BCUT2D eigenvalue weighted by atomic mass is 9.97. The first-order valence-electron chi connectivity index (χ1n) is 12.6. The van der Waals surface area contributed by atoms with Gasteiger partial charge in [0.2, 0.25) is 6.29 Å². The molecular formula is C23H33NO17. The topological polar surface area (TPSA) is 281 Å². The van der Waals surface area contributed by atoms with Crippen molar-refractivity contribution >= 4 is 5.69 Å². The summed E-state index contributed by atoms with van der Waals surface area (Å²) in [6, 6.07) is 4.76. The number of rotatable bonds is 9. The summed E-state index contributed by atoms with van der Waals surface area (Å²) in [6.45, 7) is -1.69. The van der Waals surface area contributed by atoms with Crippen molar-refractivity contribution < 1.29 is 79.3 Å². The van der Waals surface area contributed by atoms with Crippen molar-refractivity contribution in [1.82, 2.24) is 0 Å². The Labute approximate surface area is 231 Å². The van der Waals surface area contributed by atoms with E-state index in [9.17, 15) is 56.1 Å². The van der Waals surface area contributed by atoms with Crippen LogP contribution in [-0.2, 0) is 23.7 Å². The van der Waals surface area contributed by atoms with E-state index in [2.05, 4.69) is 0 Å². The van der Waals surface area contributed by atoms with Crippen molar-refractivity contribution in [2.45, 2.75) is 86.0 Å². The summed E-state index contributed by atoms with van der Waals surface area (Å²) in [4.78, 5) is 10.2. The average molecular weight is 596 g/mol. The summed E-state index contributed by atoms with van der Waals surface area (Å²) >= 11 is 0. The van der Waals surface area contributed by atoms with Crippen LogP contribution in [0.25, 0.3) is 0 Å². The van der Waals surface area contributed by atoms with E-state index in [0.717, 1.165) is 12.1 Å². The molecule has 1 aromatic rings. The monoisotopic (exact) mass is 595 g/mol. The summed E-state index contributed by atoms with van der Waals surface area (Å²) in [5.41, 5.74) is -0.218. The Morgan fingerprint density at radius 3 is 2.02 bits per heavy atom. The highest BCUT2D eigenvalue weighted by Crippen LogP contribution is 2.31. The van der Waals surface area contributed by atoms with E-state index in [4.69, 9.17) is 28.4 Å². The molecule has 232 valence electrons. The minimum absolute atomic E-state index is 0.0444. The molecule has 18 nitrogen and oxygen atoms in total. The number of nitrogens with zero attached hydrogens (tertiary/aromatic N) is 1. The molecule has 0 aliphatic carbocycles. The SMILES string of the molecule is O=[N+]([O-])c1ccc(O[C@@H]2O[C@H](CO)[C@@H](O[C@@H]3O[C@H](CO[C@H]4OC[C@@H](O)[C@H](O)[C@H]4O)[C@@H](O)[C@H](O)[C@H]3O)[C@H](O)[C@H]2O)cc1. The molecule has 0 bridgehead atoms. The molecule has 3 saturated heterocycles. The van der Waals surface area contributed by atoms with Gasteiger partial charge in [-0.25, -0.2) is 0 Å². The lowest BCUT2D eigenvalue weighted by Crippen LogP contribution is -2.65. The van der Waals surface area contributed by atoms with E-state index in [0.29, 0.717) is 0 Å². The molecule has 3 aliphatic heterocycles. The molecule has 0 aromatic heterocycles. The summed E-state index contributed by atoms with van der Waals surface area (Å²) in [5, 5.41) is 103. The second-order valence-electron chi connectivity index (χ2n) is 9.77. The zero-order chi connectivity index (χ0) is 30.0. The van der Waals surface area contributed by atoms with Crippen molar-refractivity contribution in [3.05, 3.63) is 34.4 Å². The van der Waals surface area contributed by atoms with Gasteiger partial charge in [0.25, 0.3) is 5.69 Å². The molecule has 0 unspecified atom stereocenters. The van der Waals surface area contributed by atoms with Crippen LogP contribution < -0.4 is 4.74 Å². The summed E-state index contributed by atoms with van der Waals surface area (Å²) in [5.74, 6) is 0.0444. The number of aliphatic hydroxyl groups is 9. The van der Waals surface area contributed by atoms with E-state index in [1.165, 1.54) is 12.1 Å². The molecule has 0 radical (unpaired) electrons. The van der Waals surface area contributed by atoms with E-state index < -0.39 is 104 Å². The van der Waals surface area contributed by atoms with E-state index in [1.54, 1.807) is 0 Å². The van der Waals surface area contributed by atoms with Gasteiger partial charge in [-0.05, 0) is 12.1 Å². The fourth-order valence-corrected chi connectivity index (χ4v) is 4.54. The molecule has 14 atom stereocenters. The Morgan fingerprint density at radius 1 is 0.780 bits per heavy atom. The van der Waals surface area contributed by atoms with Crippen molar-refractivity contribution in [3.63, 3.8) is 0 Å². The molecule has 3 heterocycles. The van der Waals surface area contributed by atoms with Gasteiger partial charge in [-0.3, -0.25) is 10.1 Å². The minimum Gasteiger partial charge on any atom is -0.462 e. The number of hydrogen-bond donors (Lipinski definition) is 9. The zero-order valence-electron chi connectivity index (χ0n) is 21.3. The van der Waals surface area contributed by atoms with E-state index in [1.807, 2.05) is 0 Å². The third kappa shape index (κ3) is 6.92. The van der Waals surface area contributed by atoms with Gasteiger partial charge in [0.05, 0.1) is 24.7 Å². The molecule has 3 aliphatic rings. The molecule has 41 heavy (non-hydrogen) atoms. The predicted molar refractivity (Wildman–Crippen MR) is 127 cm³/mol. The smallest absolute Gasteiger partial charge is 0.269 e. The minimum atomic E-state index is -1.88. The van der Waals surface area contributed by atoms with E-state index >= 15 is 0 Å². The second-order valence-corrected chi connectivity index (χ2v) is 9.77. The van der Waals surface area contributed by atoms with E-state index in [-0.39, 0.29) is 18.0 Å². The molecular weight excluding hydrogens is 562 g/mol. The molecule has 18 heteroatoms. The lowest BCUT2D eigenvalue weighted by Gasteiger charge is -2.46. The number of nitro benzene ring substituents is 1. The molecule has 1 aromatic carbocycles. The van der Waals surface area contributed by atoms with Gasteiger partial charge in [-0.2, -0.15) is 0 Å². The third-order valence-electron chi connectivity index (χ3n) is 6.96. The van der Waals surface area contributed by atoms with Crippen LogP contribution in [0, 0.1) is 10.1 Å². The highest BCUT2D eigenvalue weighted by atomic mass is 16.8. The molecule has 0 amide bonds. The Bertz CT molecular complexity index is 999. The van der Waals surface area contributed by atoms with Crippen LogP contribution in [0.4, 0.5) is 5.69 Å². The van der Waals surface area contributed by atoms with Gasteiger partial charge in [-0.1, -0.05) is 0 Å². The first-order chi connectivity index (χ1) is 19.4. The van der Waals surface area contributed by atoms with Gasteiger partial charge in [-0.15, -0.1) is 0 Å². The summed E-state index contributed by atoms with van der Waals surface area (Å²) < 4.78 is 32.5. The first kappa shape index (κ1) is 31.8. The van der Waals surface area contributed by atoms with Crippen LogP contribution in [0.3, 0.4) is 0 Å². The number of benzene rings is 1. The maximum atomic E-state index is 10.8. The van der Waals surface area contributed by atoms with Gasteiger partial charge in [0.15, 0.2) is 12.6 Å². The highest BCUT2D eigenvalue weighted by molar-refractivity contribution is 5.36. The zero-order valence-corrected chi connectivity index (χ0v) is 21.3. The van der Waals surface area contributed by atoms with Crippen molar-refractivity contribution in [2.75, 3.05) is 19.8 Å². The van der Waals surface area contributed by atoms with Crippen LogP contribution in [0.2, 0.25) is 0 Å². The lowest BCUT2D eigenvalue weighted by molar-refractivity contribution is -0.384. The molecule has 0 saturated carbocycles. The Morgan fingerprint density at radius 2 is 1.39 bits per heavy atom. The van der Waals surface area contributed by atoms with Crippen LogP contribution in [0.5, 0.6) is 5.75 Å². The predicted octanol–water partition coefficient (Wildman–Crippen LogP) is -4.94. The average Bonchev–Trinajstić information content (AvgIpc) is 2.96. The Kier molecular flexibility index (Phi) is 10.4. The number of hydrogen-bond acceptors (Lipinski definition) is 17. The molecule has 3 fully saturated rings. The molecule has 0 spiro atoms. The van der Waals surface area contributed by atoms with Gasteiger partial charge in [0.1, 0.15) is 72.9 Å². The number of nitro groups is 1. The van der Waals surface area contributed by atoms with Crippen molar-refractivity contribution in [3.8, 4) is 5.75 Å². The molecule has 9 N–H and O–H groups in total. The fourth-order valence-electron chi connectivity index (χ4n) is 4.54. The van der Waals surface area contributed by atoms with Crippen LogP contribution in [-0.4, -0.2) is 157 Å². The normalized spacial score (nSPS) is 43.4. The fraction of sp³-hybridized carbons (Fsp3) is 0.739. The maximum Gasteiger partial charge on any atom is 0.269 e. The number of aliphatic hydroxyl groups excluding tert-OH is 9. The van der Waals surface area contributed by atoms with Crippen molar-refractivity contribution in [1.29, 1.82) is 0 Å². The Balaban J connectivity index is 1.39. The van der Waals surface area contributed by atoms with Crippen LogP contribution >= 0.6 is 0 Å². The number of ether oxygens (including phenoxy) is 6. The molecule has 4 rings (SSSR count). The van der Waals surface area contributed by atoms with Crippen LogP contribution in [0.1, 0.15) is 0 Å².